The molecule has 1 heterocycles. The second-order valence-corrected chi connectivity index (χ2v) is 4.17. The van der Waals surface area contributed by atoms with E-state index < -0.39 is 0 Å². The van der Waals surface area contributed by atoms with E-state index in [4.69, 9.17) is 0 Å². The second-order valence-electron chi connectivity index (χ2n) is 4.17. The van der Waals surface area contributed by atoms with E-state index in [1.54, 1.807) is 4.90 Å². The molecule has 0 saturated carbocycles. The van der Waals surface area contributed by atoms with Crippen molar-refractivity contribution in [3.05, 3.63) is 0 Å². The number of rotatable bonds is 0. The molecule has 1 aliphatic rings. The van der Waals surface area contributed by atoms with Gasteiger partial charge in [0.2, 0.25) is 0 Å². The van der Waals surface area contributed by atoms with Crippen molar-refractivity contribution >= 4 is 6.03 Å². The molecule has 1 N–H and O–H groups in total. The van der Waals surface area contributed by atoms with Crippen LogP contribution in [0.25, 0.3) is 0 Å². The van der Waals surface area contributed by atoms with Crippen molar-refractivity contribution in [2.24, 2.45) is 0 Å². The maximum Gasteiger partial charge on any atom is 0.318 e. The first-order chi connectivity index (χ1) is 4.79. The van der Waals surface area contributed by atoms with Gasteiger partial charge in [-0.1, -0.05) is 0 Å². The Hall–Kier alpha value is -0.730. The molecule has 3 nitrogen and oxygen atoms in total. The van der Waals surface area contributed by atoms with Crippen LogP contribution in [0.1, 0.15) is 27.7 Å². The maximum atomic E-state index is 11.2. The molecule has 0 unspecified atom stereocenters. The lowest BCUT2D eigenvalue weighted by molar-refractivity contribution is 0.164. The van der Waals surface area contributed by atoms with Gasteiger partial charge in [-0.2, -0.15) is 0 Å². The number of hydrogen-bond acceptors (Lipinski definition) is 1. The first kappa shape index (κ1) is 8.37. The van der Waals surface area contributed by atoms with Gasteiger partial charge in [0.15, 0.2) is 0 Å². The molecule has 0 aromatic rings. The fraction of sp³-hybridized carbons (Fsp3) is 0.875. The molecule has 1 rings (SSSR count). The van der Waals surface area contributed by atoms with Crippen LogP contribution in [0.15, 0.2) is 0 Å². The standard InChI is InChI=1S/C8H16N2O/c1-7(2)8(3,4)10(5)6(11)9-7/h1-5H3,(H,9,11). The van der Waals surface area contributed by atoms with Crippen molar-refractivity contribution in [3.63, 3.8) is 0 Å². The summed E-state index contributed by atoms with van der Waals surface area (Å²) in [6.45, 7) is 8.19. The Morgan fingerprint density at radius 2 is 1.73 bits per heavy atom. The summed E-state index contributed by atoms with van der Waals surface area (Å²) in [4.78, 5) is 13.0. The lowest BCUT2D eigenvalue weighted by Crippen LogP contribution is -2.52. The first-order valence-corrected chi connectivity index (χ1v) is 3.85. The summed E-state index contributed by atoms with van der Waals surface area (Å²) in [6, 6.07) is 0.0139. The molecular formula is C8H16N2O. The van der Waals surface area contributed by atoms with Crippen LogP contribution in [0.4, 0.5) is 4.79 Å². The average molecular weight is 156 g/mol. The van der Waals surface area contributed by atoms with Crippen molar-refractivity contribution < 1.29 is 4.79 Å². The Kier molecular flexibility index (Phi) is 1.44. The van der Waals surface area contributed by atoms with Gasteiger partial charge in [0, 0.05) is 7.05 Å². The second kappa shape index (κ2) is 1.90. The van der Waals surface area contributed by atoms with E-state index in [1.807, 2.05) is 20.9 Å². The predicted octanol–water partition coefficient (Wildman–Crippen LogP) is 1.20. The zero-order valence-electron chi connectivity index (χ0n) is 7.86. The Balaban J connectivity index is 3.01. The minimum atomic E-state index is -0.140. The summed E-state index contributed by atoms with van der Waals surface area (Å²) in [7, 11) is 1.82. The fourth-order valence-corrected chi connectivity index (χ4v) is 1.18. The zero-order chi connectivity index (χ0) is 8.86. The van der Waals surface area contributed by atoms with Crippen LogP contribution in [0.3, 0.4) is 0 Å². The molecule has 0 spiro atoms. The number of nitrogens with one attached hydrogen (secondary N) is 1. The van der Waals surface area contributed by atoms with Crippen molar-refractivity contribution in [2.75, 3.05) is 7.05 Å². The normalized spacial score (nSPS) is 27.0. The summed E-state index contributed by atoms with van der Waals surface area (Å²) in [6.07, 6.45) is 0. The van der Waals surface area contributed by atoms with E-state index >= 15 is 0 Å². The lowest BCUT2D eigenvalue weighted by Gasteiger charge is -2.37. The van der Waals surface area contributed by atoms with Crippen molar-refractivity contribution in [1.82, 2.24) is 10.2 Å². The van der Waals surface area contributed by atoms with Gasteiger partial charge >= 0.3 is 6.03 Å². The molecule has 0 aromatic heterocycles. The lowest BCUT2D eigenvalue weighted by atomic mass is 9.84. The summed E-state index contributed by atoms with van der Waals surface area (Å²) >= 11 is 0. The number of likely N-dealkylation sites (N-methyl/N-ethyl adjacent to an activating group) is 1. The molecule has 0 atom stereocenters. The van der Waals surface area contributed by atoms with Crippen molar-refractivity contribution in [3.8, 4) is 0 Å². The predicted molar refractivity (Wildman–Crippen MR) is 44.5 cm³/mol. The molecule has 0 radical (unpaired) electrons. The molecule has 11 heavy (non-hydrogen) atoms. The minimum Gasteiger partial charge on any atom is -0.331 e. The third kappa shape index (κ3) is 0.905. The SMILES string of the molecule is CN1C(=O)NC(C)(C)C1(C)C. The smallest absolute Gasteiger partial charge is 0.318 e. The molecule has 0 bridgehead atoms. The average Bonchev–Trinajstić information content (AvgIpc) is 1.93. The third-order valence-electron chi connectivity index (χ3n) is 3.09. The Bertz CT molecular complexity index is 196. The Labute approximate surface area is 67.8 Å². The van der Waals surface area contributed by atoms with Gasteiger partial charge in [0.25, 0.3) is 0 Å². The highest BCUT2D eigenvalue weighted by atomic mass is 16.2. The van der Waals surface area contributed by atoms with Crippen LogP contribution >= 0.6 is 0 Å². The van der Waals surface area contributed by atoms with E-state index in [0.29, 0.717) is 0 Å². The van der Waals surface area contributed by atoms with Gasteiger partial charge in [-0.3, -0.25) is 0 Å². The van der Waals surface area contributed by atoms with Crippen LogP contribution in [-0.4, -0.2) is 29.1 Å². The molecule has 0 aliphatic carbocycles. The van der Waals surface area contributed by atoms with Gasteiger partial charge in [-0.05, 0) is 27.7 Å². The number of carbonyl (C=O) groups excluding carboxylic acids is 1. The summed E-state index contributed by atoms with van der Waals surface area (Å²) in [5, 5.41) is 2.92. The zero-order valence-corrected chi connectivity index (χ0v) is 7.86. The maximum absolute atomic E-state index is 11.2. The summed E-state index contributed by atoms with van der Waals surface area (Å²) in [5.74, 6) is 0. The third-order valence-corrected chi connectivity index (χ3v) is 3.09. The molecule has 3 heteroatoms. The van der Waals surface area contributed by atoms with Crippen LogP contribution in [0.2, 0.25) is 0 Å². The number of hydrogen-bond donors (Lipinski definition) is 1. The van der Waals surface area contributed by atoms with Gasteiger partial charge in [-0.25, -0.2) is 4.79 Å². The molecule has 64 valence electrons. The van der Waals surface area contributed by atoms with Gasteiger partial charge < -0.3 is 10.2 Å². The monoisotopic (exact) mass is 156 g/mol. The van der Waals surface area contributed by atoms with Crippen LogP contribution in [-0.2, 0) is 0 Å². The fourth-order valence-electron chi connectivity index (χ4n) is 1.18. The summed E-state index contributed by atoms with van der Waals surface area (Å²) in [5.41, 5.74) is -0.247. The van der Waals surface area contributed by atoms with Gasteiger partial charge in [0.05, 0.1) is 11.1 Å². The highest BCUT2D eigenvalue weighted by molar-refractivity contribution is 5.79. The highest BCUT2D eigenvalue weighted by Crippen LogP contribution is 2.32. The first-order valence-electron chi connectivity index (χ1n) is 3.85. The quantitative estimate of drug-likeness (QED) is 0.561. The van der Waals surface area contributed by atoms with Gasteiger partial charge in [-0.15, -0.1) is 0 Å². The molecule has 1 saturated heterocycles. The molecule has 1 fully saturated rings. The van der Waals surface area contributed by atoms with E-state index in [1.165, 1.54) is 0 Å². The van der Waals surface area contributed by atoms with Crippen molar-refractivity contribution in [2.45, 2.75) is 38.8 Å². The molecular weight excluding hydrogens is 140 g/mol. The van der Waals surface area contributed by atoms with Gasteiger partial charge in [0.1, 0.15) is 0 Å². The molecule has 1 aliphatic heterocycles. The number of carbonyl (C=O) groups is 1. The number of urea groups is 1. The number of amides is 2. The van der Waals surface area contributed by atoms with E-state index in [9.17, 15) is 4.79 Å². The Morgan fingerprint density at radius 1 is 1.27 bits per heavy atom. The summed E-state index contributed by atoms with van der Waals surface area (Å²) < 4.78 is 0. The van der Waals surface area contributed by atoms with Crippen molar-refractivity contribution in [1.29, 1.82) is 0 Å². The van der Waals surface area contributed by atoms with E-state index in [-0.39, 0.29) is 17.1 Å². The van der Waals surface area contributed by atoms with Crippen LogP contribution < -0.4 is 5.32 Å². The van der Waals surface area contributed by atoms with E-state index in [0.717, 1.165) is 0 Å². The largest absolute Gasteiger partial charge is 0.331 e. The van der Waals surface area contributed by atoms with E-state index in [2.05, 4.69) is 19.2 Å². The minimum absolute atomic E-state index is 0.0139. The molecule has 0 aromatic carbocycles. The highest BCUT2D eigenvalue weighted by Gasteiger charge is 2.49. The molecule has 2 amide bonds. The van der Waals surface area contributed by atoms with Crippen LogP contribution in [0, 0.1) is 0 Å². The topological polar surface area (TPSA) is 32.3 Å². The number of nitrogens with zero attached hydrogens (tertiary/aromatic N) is 1. The van der Waals surface area contributed by atoms with Crippen LogP contribution in [0.5, 0.6) is 0 Å². The Morgan fingerprint density at radius 3 is 1.82 bits per heavy atom.